The Morgan fingerprint density at radius 1 is 0.814 bits per heavy atom. The summed E-state index contributed by atoms with van der Waals surface area (Å²) in [5.74, 6) is -0.984. The molecular formula is C44H59FN10O4. The second-order valence-corrected chi connectivity index (χ2v) is 17.9. The van der Waals surface area contributed by atoms with Gasteiger partial charge in [-0.2, -0.15) is 0 Å². The quantitative estimate of drug-likeness (QED) is 0.156. The number of imidazole rings is 2. The van der Waals surface area contributed by atoms with E-state index >= 15 is 4.39 Å². The molecule has 0 bridgehead atoms. The van der Waals surface area contributed by atoms with E-state index in [1.807, 2.05) is 90.4 Å². The van der Waals surface area contributed by atoms with E-state index in [1.165, 1.54) is 6.07 Å². The van der Waals surface area contributed by atoms with Gasteiger partial charge >= 0.3 is 0 Å². The van der Waals surface area contributed by atoms with E-state index in [1.54, 1.807) is 13.1 Å². The molecule has 15 heteroatoms. The Kier molecular flexibility index (Phi) is 12.8. The molecule has 0 saturated heterocycles. The van der Waals surface area contributed by atoms with Gasteiger partial charge in [0.15, 0.2) is 11.4 Å². The summed E-state index contributed by atoms with van der Waals surface area (Å²) < 4.78 is 19.2. The molecule has 0 spiro atoms. The molecule has 2 aromatic carbocycles. The van der Waals surface area contributed by atoms with Crippen molar-refractivity contribution in [2.45, 2.75) is 106 Å². The number of halogens is 1. The Morgan fingerprint density at radius 2 is 1.44 bits per heavy atom. The fourth-order valence-electron chi connectivity index (χ4n) is 7.79. The molecule has 2 aliphatic heterocycles. The first-order valence-electron chi connectivity index (χ1n) is 20.4. The van der Waals surface area contributed by atoms with Crippen LogP contribution in [-0.2, 0) is 42.3 Å². The van der Waals surface area contributed by atoms with Crippen LogP contribution in [0.3, 0.4) is 0 Å². The van der Waals surface area contributed by atoms with E-state index in [0.717, 1.165) is 48.3 Å². The first-order chi connectivity index (χ1) is 27.9. The van der Waals surface area contributed by atoms with Gasteiger partial charge in [0.25, 0.3) is 11.8 Å². The minimum atomic E-state index is -0.929. The fourth-order valence-corrected chi connectivity index (χ4v) is 7.79. The third-order valence-corrected chi connectivity index (χ3v) is 11.0. The second-order valence-electron chi connectivity index (χ2n) is 17.9. The predicted octanol–water partition coefficient (Wildman–Crippen LogP) is 4.54. The summed E-state index contributed by atoms with van der Waals surface area (Å²) in [6.45, 7) is 17.0. The predicted molar refractivity (Wildman–Crippen MR) is 225 cm³/mol. The zero-order chi connectivity index (χ0) is 42.8. The second kappa shape index (κ2) is 17.4. The van der Waals surface area contributed by atoms with E-state index < -0.39 is 40.5 Å². The number of nitrogens with zero attached hydrogens (tertiary/aromatic N) is 5. The van der Waals surface area contributed by atoms with Crippen molar-refractivity contribution >= 4 is 23.6 Å². The number of fused-ring (bicyclic) bond motifs is 2. The minimum Gasteiger partial charge on any atom is -0.357 e. The average molecular weight is 811 g/mol. The Morgan fingerprint density at radius 3 is 2.10 bits per heavy atom. The van der Waals surface area contributed by atoms with Gasteiger partial charge in [-0.1, -0.05) is 65.8 Å². The molecule has 6 rings (SSSR count). The van der Waals surface area contributed by atoms with Crippen LogP contribution in [0.15, 0.2) is 42.5 Å². The SMILES string of the molecule is CNC(=O)[C@@H](NC(=O)c1nc(-c2cccc(CNC(=O)[C@@H](NC(=O)c3nc(-c4ccc(C)cc4F)n4c3CNCCC4)C(C)(C)C)c2)n2c1CN(C)CCC2)C(C)(C)C. The smallest absolute Gasteiger partial charge is 0.272 e. The monoisotopic (exact) mass is 810 g/mol. The fraction of sp³-hybridized carbons (Fsp3) is 0.500. The number of aromatic nitrogens is 4. The van der Waals surface area contributed by atoms with E-state index in [2.05, 4.69) is 36.1 Å². The molecule has 4 aromatic rings. The number of carbonyl (C=O) groups is 4. The zero-order valence-corrected chi connectivity index (χ0v) is 35.8. The molecule has 0 fully saturated rings. The molecule has 4 heterocycles. The van der Waals surface area contributed by atoms with E-state index in [0.29, 0.717) is 49.1 Å². The van der Waals surface area contributed by atoms with Crippen molar-refractivity contribution in [2.75, 3.05) is 27.2 Å². The molecular weight excluding hydrogens is 752 g/mol. The van der Waals surface area contributed by atoms with Gasteiger partial charge in [-0.25, -0.2) is 14.4 Å². The Labute approximate surface area is 346 Å². The van der Waals surface area contributed by atoms with Crippen molar-refractivity contribution in [3.05, 3.63) is 82.2 Å². The van der Waals surface area contributed by atoms with E-state index in [9.17, 15) is 19.2 Å². The molecule has 316 valence electrons. The lowest BCUT2D eigenvalue weighted by Crippen LogP contribution is -2.53. The Bertz CT molecular complexity index is 2230. The van der Waals surface area contributed by atoms with Crippen molar-refractivity contribution in [1.29, 1.82) is 0 Å². The third-order valence-electron chi connectivity index (χ3n) is 11.0. The minimum absolute atomic E-state index is 0.157. The highest BCUT2D eigenvalue weighted by atomic mass is 19.1. The standard InChI is InChI=1S/C44H59FN10O4/c1-26-15-16-29(30(45)21-26)38-50-33(31-24-47-17-11-19-54(31)38)39(56)52-36(44(5,6)7)42(59)48-23-27-13-10-14-28(22-27)37-49-34(32-25-53(9)18-12-20-55(32)37)40(57)51-35(41(58)46-8)43(2,3)4/h10,13-16,21-22,35-36,47H,11-12,17-20,23-25H2,1-9H3,(H,46,58)(H,48,59)(H,51,57)(H,52,56)/t35-,36-/m1/s1. The van der Waals surface area contributed by atoms with Crippen LogP contribution in [0.5, 0.6) is 0 Å². The van der Waals surface area contributed by atoms with Crippen LogP contribution in [-0.4, -0.2) is 86.9 Å². The highest BCUT2D eigenvalue weighted by Gasteiger charge is 2.37. The number of benzene rings is 2. The highest BCUT2D eigenvalue weighted by Crippen LogP contribution is 2.30. The largest absolute Gasteiger partial charge is 0.357 e. The van der Waals surface area contributed by atoms with Crippen LogP contribution in [0.4, 0.5) is 4.39 Å². The molecule has 2 atom stereocenters. The lowest BCUT2D eigenvalue weighted by atomic mass is 9.86. The van der Waals surface area contributed by atoms with Crippen molar-refractivity contribution in [3.8, 4) is 22.8 Å². The van der Waals surface area contributed by atoms with Gasteiger partial charge in [0.05, 0.1) is 17.0 Å². The lowest BCUT2D eigenvalue weighted by Gasteiger charge is -2.30. The maximum Gasteiger partial charge on any atom is 0.272 e. The molecule has 0 radical (unpaired) electrons. The Hall–Kier alpha value is -5.41. The number of carbonyl (C=O) groups excluding carboxylic acids is 4. The molecule has 5 N–H and O–H groups in total. The summed E-state index contributed by atoms with van der Waals surface area (Å²) in [5, 5.41) is 15.0. The number of likely N-dealkylation sites (N-methyl/N-ethyl adjacent to an activating group) is 1. The van der Waals surface area contributed by atoms with Crippen molar-refractivity contribution in [3.63, 3.8) is 0 Å². The van der Waals surface area contributed by atoms with Gasteiger partial charge in [0.1, 0.15) is 29.5 Å². The number of rotatable bonds is 10. The summed E-state index contributed by atoms with van der Waals surface area (Å²) >= 11 is 0. The van der Waals surface area contributed by atoms with Crippen LogP contribution in [0.25, 0.3) is 22.8 Å². The molecule has 0 unspecified atom stereocenters. The van der Waals surface area contributed by atoms with Gasteiger partial charge in [-0.3, -0.25) is 19.2 Å². The molecule has 2 aromatic heterocycles. The summed E-state index contributed by atoms with van der Waals surface area (Å²) in [6, 6.07) is 10.9. The van der Waals surface area contributed by atoms with Crippen molar-refractivity contribution in [1.82, 2.24) is 50.6 Å². The van der Waals surface area contributed by atoms with Crippen molar-refractivity contribution in [2.24, 2.45) is 10.8 Å². The summed E-state index contributed by atoms with van der Waals surface area (Å²) in [4.78, 5) is 66.5. The molecule has 14 nitrogen and oxygen atoms in total. The molecule has 4 amide bonds. The molecule has 0 aliphatic carbocycles. The summed E-state index contributed by atoms with van der Waals surface area (Å²) in [7, 11) is 3.56. The number of hydrogen-bond donors (Lipinski definition) is 5. The first kappa shape index (κ1) is 43.2. The summed E-state index contributed by atoms with van der Waals surface area (Å²) in [5.41, 5.74) is 3.30. The van der Waals surface area contributed by atoms with Crippen LogP contribution in [0, 0.1) is 23.6 Å². The van der Waals surface area contributed by atoms with Gasteiger partial charge < -0.3 is 40.6 Å². The average Bonchev–Trinajstić information content (AvgIpc) is 3.51. The Balaban J connectivity index is 1.23. The molecule has 2 aliphatic rings. The van der Waals surface area contributed by atoms with E-state index in [-0.39, 0.29) is 29.7 Å². The number of amides is 4. The van der Waals surface area contributed by atoms with Gasteiger partial charge in [-0.15, -0.1) is 0 Å². The lowest BCUT2D eigenvalue weighted by molar-refractivity contribution is -0.126. The van der Waals surface area contributed by atoms with Gasteiger partial charge in [-0.05, 0) is 80.1 Å². The number of hydrogen-bond acceptors (Lipinski definition) is 8. The summed E-state index contributed by atoms with van der Waals surface area (Å²) in [6.07, 6.45) is 1.64. The highest BCUT2D eigenvalue weighted by molar-refractivity contribution is 5.99. The molecule has 59 heavy (non-hydrogen) atoms. The van der Waals surface area contributed by atoms with Crippen LogP contribution < -0.4 is 26.6 Å². The maximum absolute atomic E-state index is 15.2. The number of aryl methyl sites for hydroxylation is 1. The normalized spacial score (nSPS) is 15.8. The third kappa shape index (κ3) is 9.57. The zero-order valence-electron chi connectivity index (χ0n) is 35.8. The number of nitrogens with one attached hydrogen (secondary N) is 5. The molecule has 0 saturated carbocycles. The van der Waals surface area contributed by atoms with E-state index in [4.69, 9.17) is 9.97 Å². The first-order valence-corrected chi connectivity index (χ1v) is 20.4. The van der Waals surface area contributed by atoms with Crippen LogP contribution in [0.2, 0.25) is 0 Å². The van der Waals surface area contributed by atoms with Gasteiger partial charge in [0.2, 0.25) is 11.8 Å². The van der Waals surface area contributed by atoms with Crippen LogP contribution in [0.1, 0.15) is 97.9 Å². The topological polar surface area (TPSA) is 167 Å². The van der Waals surface area contributed by atoms with Crippen LogP contribution >= 0.6 is 0 Å². The van der Waals surface area contributed by atoms with Gasteiger partial charge in [0, 0.05) is 45.3 Å². The van der Waals surface area contributed by atoms with Crippen molar-refractivity contribution < 1.29 is 23.6 Å². The maximum atomic E-state index is 15.2.